The first-order valence-electron chi connectivity index (χ1n) is 5.23. The van der Waals surface area contributed by atoms with Crippen molar-refractivity contribution >= 4 is 43.5 Å². The van der Waals surface area contributed by atoms with E-state index in [2.05, 4.69) is 31.9 Å². The second kappa shape index (κ2) is 5.93. The number of anilines is 1. The molecule has 0 bridgehead atoms. The fraction of sp³-hybridized carbons (Fsp3) is 0.417. The van der Waals surface area contributed by atoms with Crippen LogP contribution >= 0.6 is 31.9 Å². The zero-order valence-electron chi connectivity index (χ0n) is 10.4. The van der Waals surface area contributed by atoms with Crippen LogP contribution in [0.3, 0.4) is 0 Å². The molecule has 0 spiro atoms. The van der Waals surface area contributed by atoms with Gasteiger partial charge in [-0.25, -0.2) is 0 Å². The van der Waals surface area contributed by atoms with E-state index in [0.717, 1.165) is 8.95 Å². The third-order valence-electron chi connectivity index (χ3n) is 2.34. The van der Waals surface area contributed by atoms with E-state index in [1.807, 2.05) is 0 Å². The maximum atomic E-state index is 11.5. The number of esters is 1. The van der Waals surface area contributed by atoms with Gasteiger partial charge in [-0.15, -0.1) is 0 Å². The summed E-state index contributed by atoms with van der Waals surface area (Å²) in [5.41, 5.74) is 5.60. The molecule has 0 saturated heterocycles. The first-order valence-corrected chi connectivity index (χ1v) is 6.82. The number of rotatable bonds is 4. The summed E-state index contributed by atoms with van der Waals surface area (Å²) in [6.45, 7) is 3.73. The quantitative estimate of drug-likeness (QED) is 0.642. The van der Waals surface area contributed by atoms with Crippen LogP contribution < -0.4 is 10.5 Å². The van der Waals surface area contributed by atoms with Crippen LogP contribution in [-0.4, -0.2) is 19.7 Å². The number of methoxy groups -OCH3 is 1. The van der Waals surface area contributed by atoms with Crippen molar-refractivity contribution in [3.8, 4) is 5.75 Å². The van der Waals surface area contributed by atoms with Crippen LogP contribution in [0.5, 0.6) is 5.75 Å². The molecular formula is C12H15Br2NO3. The lowest BCUT2D eigenvalue weighted by Gasteiger charge is -2.22. The molecule has 0 aliphatic carbocycles. The normalized spacial score (nSPS) is 11.2. The predicted molar refractivity (Wildman–Crippen MR) is 77.5 cm³/mol. The Hall–Kier alpha value is -0.750. The topological polar surface area (TPSA) is 61.5 Å². The Morgan fingerprint density at radius 3 is 2.28 bits per heavy atom. The van der Waals surface area contributed by atoms with Crippen LogP contribution in [0.25, 0.3) is 0 Å². The van der Waals surface area contributed by atoms with E-state index < -0.39 is 5.41 Å². The van der Waals surface area contributed by atoms with Gasteiger partial charge in [0.05, 0.1) is 21.5 Å². The molecule has 1 aromatic rings. The summed E-state index contributed by atoms with van der Waals surface area (Å²) in [6, 6.07) is 3.48. The van der Waals surface area contributed by atoms with E-state index in [4.69, 9.17) is 15.2 Å². The van der Waals surface area contributed by atoms with Crippen molar-refractivity contribution in [1.29, 1.82) is 0 Å². The van der Waals surface area contributed by atoms with Gasteiger partial charge in [0, 0.05) is 5.69 Å². The molecule has 0 saturated carbocycles. The average Bonchev–Trinajstić information content (AvgIpc) is 2.26. The van der Waals surface area contributed by atoms with E-state index in [1.165, 1.54) is 7.11 Å². The van der Waals surface area contributed by atoms with Gasteiger partial charge in [0.1, 0.15) is 12.4 Å². The summed E-state index contributed by atoms with van der Waals surface area (Å²) < 4.78 is 11.8. The van der Waals surface area contributed by atoms with Crippen molar-refractivity contribution < 1.29 is 14.3 Å². The standard InChI is InChI=1S/C12H15Br2NO3/c1-12(2,11(16)17-3)6-18-10-8(13)4-7(15)5-9(10)14/h4-5H,6,15H2,1-3H3. The van der Waals surface area contributed by atoms with E-state index >= 15 is 0 Å². The minimum Gasteiger partial charge on any atom is -0.490 e. The van der Waals surface area contributed by atoms with Crippen molar-refractivity contribution in [3.63, 3.8) is 0 Å². The molecule has 0 unspecified atom stereocenters. The second-order valence-electron chi connectivity index (χ2n) is 4.48. The highest BCUT2D eigenvalue weighted by Crippen LogP contribution is 2.36. The summed E-state index contributed by atoms with van der Waals surface area (Å²) in [6.07, 6.45) is 0. The summed E-state index contributed by atoms with van der Waals surface area (Å²) >= 11 is 6.74. The van der Waals surface area contributed by atoms with Gasteiger partial charge in [0.25, 0.3) is 0 Å². The molecule has 2 N–H and O–H groups in total. The molecule has 1 aromatic carbocycles. The molecule has 0 heterocycles. The Bertz CT molecular complexity index is 438. The zero-order valence-corrected chi connectivity index (χ0v) is 13.6. The molecule has 6 heteroatoms. The molecule has 0 amide bonds. The van der Waals surface area contributed by atoms with Gasteiger partial charge in [-0.2, -0.15) is 0 Å². The van der Waals surface area contributed by atoms with Crippen LogP contribution in [0.2, 0.25) is 0 Å². The second-order valence-corrected chi connectivity index (χ2v) is 6.19. The summed E-state index contributed by atoms with van der Waals surface area (Å²) in [7, 11) is 1.36. The highest BCUT2D eigenvalue weighted by atomic mass is 79.9. The first-order chi connectivity index (χ1) is 8.27. The fourth-order valence-electron chi connectivity index (χ4n) is 1.31. The third-order valence-corrected chi connectivity index (χ3v) is 3.51. The van der Waals surface area contributed by atoms with Gasteiger partial charge < -0.3 is 15.2 Å². The van der Waals surface area contributed by atoms with Crippen molar-refractivity contribution in [2.24, 2.45) is 5.41 Å². The number of nitrogens with two attached hydrogens (primary N) is 1. The first kappa shape index (κ1) is 15.3. The minimum atomic E-state index is -0.713. The Morgan fingerprint density at radius 1 is 1.33 bits per heavy atom. The number of carbonyl (C=O) groups excluding carboxylic acids is 1. The van der Waals surface area contributed by atoms with Crippen LogP contribution in [0.1, 0.15) is 13.8 Å². The van der Waals surface area contributed by atoms with Crippen molar-refractivity contribution in [2.75, 3.05) is 19.5 Å². The van der Waals surface area contributed by atoms with Gasteiger partial charge in [0.2, 0.25) is 0 Å². The maximum absolute atomic E-state index is 11.5. The largest absolute Gasteiger partial charge is 0.490 e. The minimum absolute atomic E-state index is 0.209. The molecule has 0 aliphatic rings. The third kappa shape index (κ3) is 3.62. The molecule has 0 aromatic heterocycles. The molecule has 0 fully saturated rings. The number of halogens is 2. The van der Waals surface area contributed by atoms with Crippen molar-refractivity contribution in [1.82, 2.24) is 0 Å². The predicted octanol–water partition coefficient (Wildman–Crippen LogP) is 3.37. The lowest BCUT2D eigenvalue weighted by atomic mass is 9.95. The number of carbonyl (C=O) groups is 1. The van der Waals surface area contributed by atoms with Gasteiger partial charge in [-0.1, -0.05) is 0 Å². The Kier molecular flexibility index (Phi) is 5.04. The highest BCUT2D eigenvalue weighted by Gasteiger charge is 2.30. The summed E-state index contributed by atoms with van der Waals surface area (Å²) in [4.78, 5) is 11.5. The number of hydrogen-bond donors (Lipinski definition) is 1. The molecular weight excluding hydrogens is 366 g/mol. The molecule has 4 nitrogen and oxygen atoms in total. The SMILES string of the molecule is COC(=O)C(C)(C)COc1c(Br)cc(N)cc1Br. The monoisotopic (exact) mass is 379 g/mol. The van der Waals surface area contributed by atoms with Crippen LogP contribution in [0, 0.1) is 5.41 Å². The number of ether oxygens (including phenoxy) is 2. The Balaban J connectivity index is 2.84. The maximum Gasteiger partial charge on any atom is 0.314 e. The van der Waals surface area contributed by atoms with Gasteiger partial charge in [-0.3, -0.25) is 4.79 Å². The van der Waals surface area contributed by atoms with E-state index in [1.54, 1.807) is 26.0 Å². The van der Waals surface area contributed by atoms with Gasteiger partial charge in [-0.05, 0) is 57.8 Å². The van der Waals surface area contributed by atoms with E-state index in [-0.39, 0.29) is 12.6 Å². The summed E-state index contributed by atoms with van der Waals surface area (Å²) in [5.74, 6) is 0.298. The number of hydrogen-bond acceptors (Lipinski definition) is 4. The molecule has 0 aliphatic heterocycles. The Morgan fingerprint density at radius 2 is 1.83 bits per heavy atom. The van der Waals surface area contributed by atoms with E-state index in [0.29, 0.717) is 11.4 Å². The van der Waals surface area contributed by atoms with Crippen LogP contribution in [0.4, 0.5) is 5.69 Å². The van der Waals surface area contributed by atoms with Gasteiger partial charge >= 0.3 is 5.97 Å². The van der Waals surface area contributed by atoms with Gasteiger partial charge in [0.15, 0.2) is 0 Å². The molecule has 18 heavy (non-hydrogen) atoms. The molecule has 1 rings (SSSR count). The molecule has 0 atom stereocenters. The lowest BCUT2D eigenvalue weighted by Crippen LogP contribution is -2.32. The smallest absolute Gasteiger partial charge is 0.314 e. The Labute approximate surface area is 123 Å². The van der Waals surface area contributed by atoms with Crippen LogP contribution in [0.15, 0.2) is 21.1 Å². The van der Waals surface area contributed by atoms with Crippen molar-refractivity contribution in [2.45, 2.75) is 13.8 Å². The van der Waals surface area contributed by atoms with Crippen molar-refractivity contribution in [3.05, 3.63) is 21.1 Å². The fourth-order valence-corrected chi connectivity index (χ4v) is 2.76. The number of benzene rings is 1. The zero-order chi connectivity index (χ0) is 13.9. The average molecular weight is 381 g/mol. The summed E-state index contributed by atoms with van der Waals surface area (Å²) in [5, 5.41) is 0. The lowest BCUT2D eigenvalue weighted by molar-refractivity contribution is -0.152. The molecule has 0 radical (unpaired) electrons. The van der Waals surface area contributed by atoms with Crippen LogP contribution in [-0.2, 0) is 9.53 Å². The molecule has 100 valence electrons. The van der Waals surface area contributed by atoms with E-state index in [9.17, 15) is 4.79 Å². The number of nitrogen functional groups attached to an aromatic ring is 1. The highest BCUT2D eigenvalue weighted by molar-refractivity contribution is 9.11.